The Morgan fingerprint density at radius 2 is 1.97 bits per heavy atom. The molecule has 0 bridgehead atoms. The molecular weight excluding hydrogens is 397 g/mol. The molecule has 7 heteroatoms. The number of carbonyl (C=O) groups excluding carboxylic acids is 1. The number of anilines is 1. The molecule has 3 rings (SSSR count). The maximum absolute atomic E-state index is 12.8. The van der Waals surface area contributed by atoms with Crippen LogP contribution < -0.4 is 10.6 Å². The molecule has 154 valence electrons. The van der Waals surface area contributed by atoms with Crippen molar-refractivity contribution in [3.8, 4) is 0 Å². The zero-order valence-corrected chi connectivity index (χ0v) is 17.1. The van der Waals surface area contributed by atoms with Gasteiger partial charge in [0.1, 0.15) is 0 Å². The van der Waals surface area contributed by atoms with E-state index in [-0.39, 0.29) is 11.9 Å². The van der Waals surface area contributed by atoms with E-state index in [4.69, 9.17) is 0 Å². The summed E-state index contributed by atoms with van der Waals surface area (Å²) in [6.45, 7) is 4.24. The summed E-state index contributed by atoms with van der Waals surface area (Å²) in [4.78, 5) is 11.3. The minimum Gasteiger partial charge on any atom is -0.326 e. The topological polar surface area (TPSA) is 41.1 Å². The number of hydrogen-bond acceptors (Lipinski definition) is 3. The number of nitrogens with one attached hydrogen (secondary N) is 2. The van der Waals surface area contributed by atoms with Crippen LogP contribution in [0.1, 0.15) is 43.0 Å². The van der Waals surface area contributed by atoms with Crippen LogP contribution in [0.25, 0.3) is 10.1 Å². The molecule has 0 spiro atoms. The summed E-state index contributed by atoms with van der Waals surface area (Å²) < 4.78 is 39.6. The summed E-state index contributed by atoms with van der Waals surface area (Å²) in [5.74, 6) is -0.109. The molecular formula is C22H23F3N2OS. The number of benzene rings is 2. The third-order valence-electron chi connectivity index (χ3n) is 4.74. The van der Waals surface area contributed by atoms with E-state index in [2.05, 4.69) is 22.9 Å². The van der Waals surface area contributed by atoms with Gasteiger partial charge in [0, 0.05) is 23.4 Å². The van der Waals surface area contributed by atoms with Crippen LogP contribution >= 0.6 is 11.3 Å². The summed E-state index contributed by atoms with van der Waals surface area (Å²) in [5, 5.41) is 9.45. The van der Waals surface area contributed by atoms with E-state index in [0.29, 0.717) is 18.5 Å². The quantitative estimate of drug-likeness (QED) is 0.449. The van der Waals surface area contributed by atoms with Crippen LogP contribution in [0.5, 0.6) is 0 Å². The molecule has 0 fully saturated rings. The molecule has 1 unspecified atom stereocenters. The molecule has 2 N–H and O–H groups in total. The normalized spacial score (nSPS) is 12.9. The van der Waals surface area contributed by atoms with Crippen molar-refractivity contribution >= 4 is 33.0 Å². The first-order chi connectivity index (χ1) is 13.7. The third-order valence-corrected chi connectivity index (χ3v) is 5.72. The number of halogens is 3. The Labute approximate surface area is 171 Å². The standard InChI is InChI=1S/C22H23F3N2OS/c1-14(20-13-29-21-9-8-18(12-19(20)21)27-15(2)28)26-10-4-6-16-5-3-7-17(11-16)22(23,24)25/h3,5,7-9,11-14,26H,4,6,10H2,1-2H3,(H,27,28). The summed E-state index contributed by atoms with van der Waals surface area (Å²) in [5.41, 5.74) is 2.00. The average molecular weight is 421 g/mol. The molecule has 1 heterocycles. The van der Waals surface area contributed by atoms with Gasteiger partial charge >= 0.3 is 6.18 Å². The summed E-state index contributed by atoms with van der Waals surface area (Å²) in [7, 11) is 0. The second-order valence-corrected chi connectivity index (χ2v) is 7.97. The van der Waals surface area contributed by atoms with Crippen molar-refractivity contribution in [2.45, 2.75) is 38.9 Å². The van der Waals surface area contributed by atoms with E-state index in [0.717, 1.165) is 33.8 Å². The predicted molar refractivity (Wildman–Crippen MR) is 112 cm³/mol. The van der Waals surface area contributed by atoms with E-state index in [1.54, 1.807) is 17.4 Å². The Morgan fingerprint density at radius 1 is 1.17 bits per heavy atom. The molecule has 0 aliphatic heterocycles. The van der Waals surface area contributed by atoms with Crippen LogP contribution in [0.15, 0.2) is 47.8 Å². The SMILES string of the molecule is CC(=O)Nc1ccc2scc(C(C)NCCCc3cccc(C(F)(F)F)c3)c2c1. The maximum atomic E-state index is 12.8. The van der Waals surface area contributed by atoms with Crippen molar-refractivity contribution < 1.29 is 18.0 Å². The predicted octanol–water partition coefficient (Wildman–Crippen LogP) is 6.16. The Kier molecular flexibility index (Phi) is 6.59. The highest BCUT2D eigenvalue weighted by molar-refractivity contribution is 7.17. The first-order valence-electron chi connectivity index (χ1n) is 9.42. The van der Waals surface area contributed by atoms with Crippen molar-refractivity contribution in [1.29, 1.82) is 0 Å². The molecule has 0 aliphatic rings. The second kappa shape index (κ2) is 8.97. The van der Waals surface area contributed by atoms with Crippen LogP contribution in [0.3, 0.4) is 0 Å². The molecule has 2 aromatic carbocycles. The molecule has 0 radical (unpaired) electrons. The van der Waals surface area contributed by atoms with Crippen molar-refractivity contribution in [1.82, 2.24) is 5.32 Å². The second-order valence-electron chi connectivity index (χ2n) is 7.06. The lowest BCUT2D eigenvalue weighted by Crippen LogP contribution is -2.20. The highest BCUT2D eigenvalue weighted by atomic mass is 32.1. The number of rotatable bonds is 7. The lowest BCUT2D eigenvalue weighted by Gasteiger charge is -2.14. The van der Waals surface area contributed by atoms with Gasteiger partial charge in [-0.25, -0.2) is 0 Å². The van der Waals surface area contributed by atoms with Crippen LogP contribution in [0, 0.1) is 0 Å². The Morgan fingerprint density at radius 3 is 2.69 bits per heavy atom. The number of thiophene rings is 1. The van der Waals surface area contributed by atoms with Crippen molar-refractivity contribution in [2.24, 2.45) is 0 Å². The highest BCUT2D eigenvalue weighted by Crippen LogP contribution is 2.32. The van der Waals surface area contributed by atoms with Gasteiger partial charge < -0.3 is 10.6 Å². The minimum atomic E-state index is -4.31. The molecule has 3 nitrogen and oxygen atoms in total. The molecule has 29 heavy (non-hydrogen) atoms. The van der Waals surface area contributed by atoms with Gasteiger partial charge in [0.15, 0.2) is 0 Å². The Hall–Kier alpha value is -2.38. The zero-order valence-electron chi connectivity index (χ0n) is 16.3. The average Bonchev–Trinajstić information content (AvgIpc) is 3.07. The third kappa shape index (κ3) is 5.58. The monoisotopic (exact) mass is 420 g/mol. The highest BCUT2D eigenvalue weighted by Gasteiger charge is 2.30. The summed E-state index contributed by atoms with van der Waals surface area (Å²) in [6.07, 6.45) is -2.98. The molecule has 0 saturated heterocycles. The molecule has 1 aromatic heterocycles. The number of carbonyl (C=O) groups is 1. The van der Waals surface area contributed by atoms with Crippen LogP contribution in [-0.2, 0) is 17.4 Å². The van der Waals surface area contributed by atoms with Gasteiger partial charge in [-0.1, -0.05) is 18.2 Å². The molecule has 0 aliphatic carbocycles. The van der Waals surface area contributed by atoms with Gasteiger partial charge in [0.25, 0.3) is 0 Å². The maximum Gasteiger partial charge on any atom is 0.416 e. The van der Waals surface area contributed by atoms with E-state index in [1.165, 1.54) is 19.1 Å². The number of alkyl halides is 3. The van der Waals surface area contributed by atoms with Crippen molar-refractivity contribution in [2.75, 3.05) is 11.9 Å². The fourth-order valence-electron chi connectivity index (χ4n) is 3.29. The van der Waals surface area contributed by atoms with Gasteiger partial charge in [0.2, 0.25) is 5.91 Å². The van der Waals surface area contributed by atoms with Gasteiger partial charge in [-0.05, 0) is 72.5 Å². The largest absolute Gasteiger partial charge is 0.416 e. The zero-order chi connectivity index (χ0) is 21.0. The lowest BCUT2D eigenvalue weighted by atomic mass is 10.0. The lowest BCUT2D eigenvalue weighted by molar-refractivity contribution is -0.137. The minimum absolute atomic E-state index is 0.0952. The number of aryl methyl sites for hydroxylation is 1. The molecule has 1 atom stereocenters. The molecule has 1 amide bonds. The molecule has 0 saturated carbocycles. The van der Waals surface area contributed by atoms with Gasteiger partial charge in [-0.3, -0.25) is 4.79 Å². The Balaban J connectivity index is 1.58. The van der Waals surface area contributed by atoms with Gasteiger partial charge in [-0.2, -0.15) is 13.2 Å². The summed E-state index contributed by atoms with van der Waals surface area (Å²) >= 11 is 1.65. The molecule has 3 aromatic rings. The first-order valence-corrected chi connectivity index (χ1v) is 10.3. The fourth-order valence-corrected chi connectivity index (χ4v) is 4.32. The summed E-state index contributed by atoms with van der Waals surface area (Å²) in [6, 6.07) is 11.5. The van der Waals surface area contributed by atoms with E-state index in [9.17, 15) is 18.0 Å². The number of amides is 1. The van der Waals surface area contributed by atoms with Crippen LogP contribution in [0.2, 0.25) is 0 Å². The number of fused-ring (bicyclic) bond motifs is 1. The Bertz CT molecular complexity index is 997. The van der Waals surface area contributed by atoms with E-state index >= 15 is 0 Å². The fraction of sp³-hybridized carbons (Fsp3) is 0.318. The van der Waals surface area contributed by atoms with Gasteiger partial charge in [-0.15, -0.1) is 11.3 Å². The van der Waals surface area contributed by atoms with E-state index in [1.807, 2.05) is 18.2 Å². The van der Waals surface area contributed by atoms with Crippen molar-refractivity contribution in [3.05, 3.63) is 64.5 Å². The van der Waals surface area contributed by atoms with E-state index < -0.39 is 11.7 Å². The smallest absolute Gasteiger partial charge is 0.326 e. The van der Waals surface area contributed by atoms with Crippen LogP contribution in [-0.4, -0.2) is 12.5 Å². The van der Waals surface area contributed by atoms with Gasteiger partial charge in [0.05, 0.1) is 5.56 Å². The number of hydrogen-bond donors (Lipinski definition) is 2. The van der Waals surface area contributed by atoms with Crippen LogP contribution in [0.4, 0.5) is 18.9 Å². The van der Waals surface area contributed by atoms with Crippen molar-refractivity contribution in [3.63, 3.8) is 0 Å². The first kappa shape index (κ1) is 21.3.